The van der Waals surface area contributed by atoms with E-state index < -0.39 is 5.97 Å². The Hall–Kier alpha value is -1.08. The van der Waals surface area contributed by atoms with E-state index in [1.807, 2.05) is 12.1 Å². The molecule has 0 bridgehead atoms. The number of aliphatic carboxylic acids is 1. The molecule has 1 heterocycles. The molecular formula is C13H17BrN2O3S. The molecule has 0 spiro atoms. The smallest absolute Gasteiger partial charge is 0.315 e. The lowest BCUT2D eigenvalue weighted by Gasteiger charge is -2.26. The Balaban J connectivity index is 1.69. The highest BCUT2D eigenvalue weighted by Crippen LogP contribution is 2.24. The maximum Gasteiger partial charge on any atom is 0.315 e. The fraction of sp³-hybridized carbons (Fsp3) is 0.538. The summed E-state index contributed by atoms with van der Waals surface area (Å²) in [7, 11) is 0. The number of carboxylic acid groups (broad SMARTS) is 1. The third-order valence-corrected chi connectivity index (χ3v) is 5.09. The van der Waals surface area contributed by atoms with Crippen molar-refractivity contribution >= 4 is 39.3 Å². The summed E-state index contributed by atoms with van der Waals surface area (Å²) in [5.41, 5.74) is 0. The van der Waals surface area contributed by atoms with E-state index in [9.17, 15) is 9.59 Å². The quantitative estimate of drug-likeness (QED) is 0.772. The zero-order valence-electron chi connectivity index (χ0n) is 10.9. The van der Waals surface area contributed by atoms with Gasteiger partial charge in [-0.25, -0.2) is 4.79 Å². The van der Waals surface area contributed by atoms with Crippen LogP contribution in [0.5, 0.6) is 0 Å². The van der Waals surface area contributed by atoms with Crippen LogP contribution in [0.4, 0.5) is 4.79 Å². The van der Waals surface area contributed by atoms with Crippen LogP contribution in [0.25, 0.3) is 0 Å². The molecule has 0 aliphatic heterocycles. The van der Waals surface area contributed by atoms with Gasteiger partial charge in [-0.3, -0.25) is 4.79 Å². The van der Waals surface area contributed by atoms with Gasteiger partial charge in [-0.2, -0.15) is 0 Å². The van der Waals surface area contributed by atoms with Crippen molar-refractivity contribution < 1.29 is 14.7 Å². The van der Waals surface area contributed by atoms with Crippen molar-refractivity contribution in [1.82, 2.24) is 10.6 Å². The van der Waals surface area contributed by atoms with E-state index in [0.29, 0.717) is 19.4 Å². The first-order valence-corrected chi connectivity index (χ1v) is 8.17. The van der Waals surface area contributed by atoms with Gasteiger partial charge in [-0.1, -0.05) is 0 Å². The lowest BCUT2D eigenvalue weighted by atomic mass is 9.86. The highest BCUT2D eigenvalue weighted by atomic mass is 79.9. The number of rotatable bonds is 4. The SMILES string of the molecule is O=C(NCc1ccc(Br)s1)NC1CCC(C(=O)O)CC1. The summed E-state index contributed by atoms with van der Waals surface area (Å²) in [6.45, 7) is 0.507. The Labute approximate surface area is 129 Å². The van der Waals surface area contributed by atoms with E-state index in [2.05, 4.69) is 26.6 Å². The highest BCUT2D eigenvalue weighted by Gasteiger charge is 2.26. The summed E-state index contributed by atoms with van der Waals surface area (Å²) >= 11 is 4.97. The van der Waals surface area contributed by atoms with E-state index in [0.717, 1.165) is 21.5 Å². The van der Waals surface area contributed by atoms with Crippen LogP contribution in [0.1, 0.15) is 30.6 Å². The Bertz CT molecular complexity index is 484. The predicted molar refractivity (Wildman–Crippen MR) is 80.8 cm³/mol. The van der Waals surface area contributed by atoms with Crippen LogP contribution in [0.3, 0.4) is 0 Å². The molecule has 20 heavy (non-hydrogen) atoms. The monoisotopic (exact) mass is 360 g/mol. The summed E-state index contributed by atoms with van der Waals surface area (Å²) in [4.78, 5) is 23.7. The molecule has 7 heteroatoms. The average Bonchev–Trinajstić information content (AvgIpc) is 2.83. The largest absolute Gasteiger partial charge is 0.481 e. The normalized spacial score (nSPS) is 22.2. The first kappa shape index (κ1) is 15.3. The van der Waals surface area contributed by atoms with Crippen molar-refractivity contribution in [3.8, 4) is 0 Å². The van der Waals surface area contributed by atoms with E-state index in [4.69, 9.17) is 5.11 Å². The second-order valence-electron chi connectivity index (χ2n) is 4.92. The molecule has 1 aliphatic carbocycles. The van der Waals surface area contributed by atoms with Crippen LogP contribution in [-0.2, 0) is 11.3 Å². The van der Waals surface area contributed by atoms with Crippen LogP contribution in [-0.4, -0.2) is 23.1 Å². The zero-order chi connectivity index (χ0) is 14.5. The predicted octanol–water partition coefficient (Wildman–Crippen LogP) is 2.95. The molecule has 0 unspecified atom stereocenters. The van der Waals surface area contributed by atoms with Gasteiger partial charge in [-0.15, -0.1) is 11.3 Å². The number of carbonyl (C=O) groups excluding carboxylic acids is 1. The first-order valence-electron chi connectivity index (χ1n) is 6.56. The zero-order valence-corrected chi connectivity index (χ0v) is 13.3. The molecule has 1 fully saturated rings. The minimum absolute atomic E-state index is 0.0840. The van der Waals surface area contributed by atoms with Crippen molar-refractivity contribution in [3.05, 3.63) is 20.8 Å². The maximum absolute atomic E-state index is 11.8. The summed E-state index contributed by atoms with van der Waals surface area (Å²) in [6, 6.07) is 3.81. The number of carbonyl (C=O) groups is 2. The number of nitrogens with one attached hydrogen (secondary N) is 2. The Morgan fingerprint density at radius 2 is 2.00 bits per heavy atom. The molecule has 0 aromatic carbocycles. The van der Waals surface area contributed by atoms with Gasteiger partial charge >= 0.3 is 12.0 Å². The molecule has 3 N–H and O–H groups in total. The number of thiophene rings is 1. The summed E-state index contributed by atoms with van der Waals surface area (Å²) in [5, 5.41) is 14.6. The van der Waals surface area contributed by atoms with Crippen LogP contribution < -0.4 is 10.6 Å². The number of amides is 2. The molecule has 0 saturated heterocycles. The van der Waals surface area contributed by atoms with Gasteiger partial charge in [0, 0.05) is 10.9 Å². The van der Waals surface area contributed by atoms with Gasteiger partial charge in [0.15, 0.2) is 0 Å². The summed E-state index contributed by atoms with van der Waals surface area (Å²) in [5.74, 6) is -0.976. The highest BCUT2D eigenvalue weighted by molar-refractivity contribution is 9.11. The molecule has 1 aliphatic rings. The van der Waals surface area contributed by atoms with Crippen molar-refractivity contribution in [3.63, 3.8) is 0 Å². The third kappa shape index (κ3) is 4.49. The van der Waals surface area contributed by atoms with Crippen LogP contribution in [0, 0.1) is 5.92 Å². The third-order valence-electron chi connectivity index (χ3n) is 3.46. The number of urea groups is 1. The fourth-order valence-corrected chi connectivity index (χ4v) is 3.76. The van der Waals surface area contributed by atoms with Crippen molar-refractivity contribution in [2.24, 2.45) is 5.92 Å². The van der Waals surface area contributed by atoms with Gasteiger partial charge in [0.1, 0.15) is 0 Å². The molecule has 0 atom stereocenters. The molecule has 1 aromatic rings. The van der Waals surface area contributed by atoms with Gasteiger partial charge in [0.25, 0.3) is 0 Å². The molecular weight excluding hydrogens is 344 g/mol. The Morgan fingerprint density at radius 3 is 2.55 bits per heavy atom. The second-order valence-corrected chi connectivity index (χ2v) is 7.47. The number of hydrogen-bond acceptors (Lipinski definition) is 3. The van der Waals surface area contributed by atoms with Gasteiger partial charge in [0.2, 0.25) is 0 Å². The van der Waals surface area contributed by atoms with Gasteiger partial charge in [0.05, 0.1) is 16.2 Å². The molecule has 2 rings (SSSR count). The van der Waals surface area contributed by atoms with E-state index in [1.165, 1.54) is 0 Å². The van der Waals surface area contributed by atoms with E-state index in [-0.39, 0.29) is 18.0 Å². The lowest BCUT2D eigenvalue weighted by molar-refractivity contribution is -0.142. The minimum atomic E-state index is -0.726. The van der Waals surface area contributed by atoms with Gasteiger partial charge in [-0.05, 0) is 53.7 Å². The van der Waals surface area contributed by atoms with Gasteiger partial charge < -0.3 is 15.7 Å². The molecule has 110 valence electrons. The summed E-state index contributed by atoms with van der Waals surface area (Å²) < 4.78 is 1.04. The minimum Gasteiger partial charge on any atom is -0.481 e. The molecule has 1 aromatic heterocycles. The van der Waals surface area contributed by atoms with Crippen molar-refractivity contribution in [1.29, 1.82) is 0 Å². The number of hydrogen-bond donors (Lipinski definition) is 3. The fourth-order valence-electron chi connectivity index (χ4n) is 2.34. The summed E-state index contributed by atoms with van der Waals surface area (Å²) in [6.07, 6.45) is 2.74. The topological polar surface area (TPSA) is 78.4 Å². The average molecular weight is 361 g/mol. The molecule has 2 amide bonds. The lowest BCUT2D eigenvalue weighted by Crippen LogP contribution is -2.43. The van der Waals surface area contributed by atoms with Crippen molar-refractivity contribution in [2.75, 3.05) is 0 Å². The van der Waals surface area contributed by atoms with E-state index in [1.54, 1.807) is 11.3 Å². The Morgan fingerprint density at radius 1 is 1.30 bits per heavy atom. The van der Waals surface area contributed by atoms with E-state index >= 15 is 0 Å². The van der Waals surface area contributed by atoms with Crippen LogP contribution in [0.2, 0.25) is 0 Å². The van der Waals surface area contributed by atoms with Crippen LogP contribution >= 0.6 is 27.3 Å². The molecule has 5 nitrogen and oxygen atoms in total. The maximum atomic E-state index is 11.8. The standard InChI is InChI=1S/C13H17BrN2O3S/c14-11-6-5-10(20-11)7-15-13(19)16-9-3-1-8(2-4-9)12(17)18/h5-6,8-9H,1-4,7H2,(H,17,18)(H2,15,16,19). The second kappa shape index (κ2) is 7.08. The number of carboxylic acids is 1. The number of halogens is 1. The van der Waals surface area contributed by atoms with Crippen molar-refractivity contribution in [2.45, 2.75) is 38.3 Å². The first-order chi connectivity index (χ1) is 9.54. The van der Waals surface area contributed by atoms with Crippen LogP contribution in [0.15, 0.2) is 15.9 Å². The molecule has 0 radical (unpaired) electrons. The Kier molecular flexibility index (Phi) is 5.42. The molecule has 1 saturated carbocycles.